The van der Waals surface area contributed by atoms with Gasteiger partial charge in [-0.3, -0.25) is 4.79 Å². The first-order valence-electron chi connectivity index (χ1n) is 6.98. The SMILES string of the molecule is Cc1cccc2c(N=NC(=O)c3ccccc3Br)c(O)n(C)c12. The van der Waals surface area contributed by atoms with Crippen molar-refractivity contribution < 1.29 is 9.90 Å². The highest BCUT2D eigenvalue weighted by Gasteiger charge is 2.16. The Morgan fingerprint density at radius 1 is 1.17 bits per heavy atom. The van der Waals surface area contributed by atoms with Gasteiger partial charge in [-0.15, -0.1) is 10.2 Å². The van der Waals surface area contributed by atoms with E-state index >= 15 is 0 Å². The van der Waals surface area contributed by atoms with Crippen molar-refractivity contribution in [3.8, 4) is 5.88 Å². The maximum atomic E-state index is 12.2. The van der Waals surface area contributed by atoms with E-state index in [0.717, 1.165) is 16.5 Å². The molecule has 3 aromatic rings. The number of para-hydroxylation sites is 1. The lowest BCUT2D eigenvalue weighted by molar-refractivity contribution is 0.0994. The largest absolute Gasteiger partial charge is 0.493 e. The summed E-state index contributed by atoms with van der Waals surface area (Å²) < 4.78 is 2.30. The van der Waals surface area contributed by atoms with Crippen LogP contribution in [0.1, 0.15) is 15.9 Å². The summed E-state index contributed by atoms with van der Waals surface area (Å²) in [6.07, 6.45) is 0. The average molecular weight is 372 g/mol. The lowest BCUT2D eigenvalue weighted by Crippen LogP contribution is -1.94. The highest BCUT2D eigenvalue weighted by molar-refractivity contribution is 9.10. The fourth-order valence-corrected chi connectivity index (χ4v) is 3.02. The molecule has 0 fully saturated rings. The summed E-state index contributed by atoms with van der Waals surface area (Å²) in [7, 11) is 1.75. The lowest BCUT2D eigenvalue weighted by atomic mass is 10.1. The molecule has 0 bridgehead atoms. The van der Waals surface area contributed by atoms with Crippen molar-refractivity contribution in [1.29, 1.82) is 0 Å². The summed E-state index contributed by atoms with van der Waals surface area (Å²) >= 11 is 3.32. The highest BCUT2D eigenvalue weighted by Crippen LogP contribution is 2.39. The van der Waals surface area contributed by atoms with Crippen LogP contribution >= 0.6 is 15.9 Å². The fourth-order valence-electron chi connectivity index (χ4n) is 2.56. The van der Waals surface area contributed by atoms with E-state index in [1.165, 1.54) is 0 Å². The van der Waals surface area contributed by atoms with Crippen molar-refractivity contribution in [2.45, 2.75) is 6.92 Å². The Hall–Kier alpha value is -2.47. The Morgan fingerprint density at radius 3 is 2.65 bits per heavy atom. The van der Waals surface area contributed by atoms with Gasteiger partial charge >= 0.3 is 0 Å². The Balaban J connectivity index is 2.06. The van der Waals surface area contributed by atoms with Crippen molar-refractivity contribution in [3.63, 3.8) is 0 Å². The van der Waals surface area contributed by atoms with Crippen molar-refractivity contribution in [2.75, 3.05) is 0 Å². The number of amides is 1. The first kappa shape index (κ1) is 15.4. The van der Waals surface area contributed by atoms with Gasteiger partial charge in [0.15, 0.2) is 5.69 Å². The fraction of sp³-hybridized carbons (Fsp3) is 0.118. The minimum absolute atomic E-state index is 0.0158. The maximum Gasteiger partial charge on any atom is 0.296 e. The van der Waals surface area contributed by atoms with Crippen LogP contribution in [0.25, 0.3) is 10.9 Å². The molecule has 0 aliphatic rings. The molecule has 116 valence electrons. The molecular formula is C17H14BrN3O2. The van der Waals surface area contributed by atoms with Crippen LogP contribution in [0.5, 0.6) is 5.88 Å². The zero-order valence-corrected chi connectivity index (χ0v) is 14.2. The number of azo groups is 1. The number of aromatic hydroxyl groups is 1. The first-order chi connectivity index (χ1) is 11.0. The lowest BCUT2D eigenvalue weighted by Gasteiger charge is -1.99. The van der Waals surface area contributed by atoms with Crippen molar-refractivity contribution in [2.24, 2.45) is 17.3 Å². The molecule has 0 spiro atoms. The van der Waals surface area contributed by atoms with Crippen LogP contribution in [0.4, 0.5) is 5.69 Å². The summed E-state index contributed by atoms with van der Waals surface area (Å²) in [6.45, 7) is 1.95. The monoisotopic (exact) mass is 371 g/mol. The zero-order valence-electron chi connectivity index (χ0n) is 12.6. The third-order valence-corrected chi connectivity index (χ3v) is 4.39. The van der Waals surface area contributed by atoms with Gasteiger partial charge in [-0.25, -0.2) is 0 Å². The number of hydrogen-bond acceptors (Lipinski definition) is 3. The maximum absolute atomic E-state index is 12.2. The van der Waals surface area contributed by atoms with Crippen LogP contribution in [0.2, 0.25) is 0 Å². The first-order valence-corrected chi connectivity index (χ1v) is 7.77. The van der Waals surface area contributed by atoms with E-state index in [9.17, 15) is 9.90 Å². The standard InChI is InChI=1S/C17H14BrN3O2/c1-10-6-5-8-12-14(17(23)21(2)15(10)12)19-20-16(22)11-7-3-4-9-13(11)18/h3-9,23H,1-2H3. The molecule has 0 saturated carbocycles. The quantitative estimate of drug-likeness (QED) is 0.652. The number of carbonyl (C=O) groups is 1. The number of rotatable bonds is 2. The number of hydrogen-bond donors (Lipinski definition) is 1. The van der Waals surface area contributed by atoms with E-state index < -0.39 is 5.91 Å². The number of aryl methyl sites for hydroxylation is 2. The minimum Gasteiger partial charge on any atom is -0.493 e. The molecule has 0 unspecified atom stereocenters. The van der Waals surface area contributed by atoms with E-state index in [4.69, 9.17) is 0 Å². The number of carbonyl (C=O) groups excluding carboxylic acids is 1. The minimum atomic E-state index is -0.471. The molecular weight excluding hydrogens is 358 g/mol. The average Bonchev–Trinajstić information content (AvgIpc) is 2.78. The van der Waals surface area contributed by atoms with Gasteiger partial charge in [0.1, 0.15) is 0 Å². The van der Waals surface area contributed by atoms with Gasteiger partial charge in [0.05, 0.1) is 11.1 Å². The zero-order chi connectivity index (χ0) is 16.6. The number of benzene rings is 2. The summed E-state index contributed by atoms with van der Waals surface area (Å²) in [5.41, 5.74) is 2.60. The molecule has 1 N–H and O–H groups in total. The molecule has 0 aliphatic heterocycles. The van der Waals surface area contributed by atoms with Gasteiger partial charge < -0.3 is 9.67 Å². The van der Waals surface area contributed by atoms with E-state index in [-0.39, 0.29) is 5.88 Å². The topological polar surface area (TPSA) is 66.9 Å². The second kappa shape index (κ2) is 5.96. The predicted octanol–water partition coefficient (Wildman–Crippen LogP) is 4.88. The van der Waals surface area contributed by atoms with Crippen molar-refractivity contribution >= 4 is 38.4 Å². The predicted molar refractivity (Wildman–Crippen MR) is 92.3 cm³/mol. The van der Waals surface area contributed by atoms with Gasteiger partial charge in [0, 0.05) is 16.9 Å². The highest BCUT2D eigenvalue weighted by atomic mass is 79.9. The summed E-state index contributed by atoms with van der Waals surface area (Å²) in [5.74, 6) is -0.487. The Morgan fingerprint density at radius 2 is 1.91 bits per heavy atom. The van der Waals surface area contributed by atoms with Crippen LogP contribution < -0.4 is 0 Å². The van der Waals surface area contributed by atoms with Crippen molar-refractivity contribution in [1.82, 2.24) is 4.57 Å². The summed E-state index contributed by atoms with van der Waals surface area (Å²) in [6, 6.07) is 12.7. The Labute approximate surface area is 141 Å². The van der Waals surface area contributed by atoms with Crippen LogP contribution in [0.3, 0.4) is 0 Å². The number of halogens is 1. The normalized spacial score (nSPS) is 11.4. The molecule has 5 nitrogen and oxygen atoms in total. The molecule has 0 radical (unpaired) electrons. The molecule has 1 amide bonds. The second-order valence-corrected chi connectivity index (χ2v) is 6.04. The molecule has 3 rings (SSSR count). The number of nitrogens with zero attached hydrogens (tertiary/aromatic N) is 3. The second-order valence-electron chi connectivity index (χ2n) is 5.19. The van der Waals surface area contributed by atoms with E-state index in [1.807, 2.05) is 31.2 Å². The molecule has 6 heteroatoms. The Kier molecular flexibility index (Phi) is 4.00. The molecule has 1 heterocycles. The molecule has 1 aromatic heterocycles. The van der Waals surface area contributed by atoms with E-state index in [0.29, 0.717) is 15.7 Å². The van der Waals surface area contributed by atoms with Crippen LogP contribution in [-0.2, 0) is 7.05 Å². The Bertz CT molecular complexity index is 944. The van der Waals surface area contributed by atoms with Crippen molar-refractivity contribution in [3.05, 3.63) is 58.1 Å². The molecule has 2 aromatic carbocycles. The van der Waals surface area contributed by atoms with Crippen LogP contribution in [0, 0.1) is 6.92 Å². The van der Waals surface area contributed by atoms with Gasteiger partial charge in [-0.1, -0.05) is 30.3 Å². The summed E-state index contributed by atoms with van der Waals surface area (Å²) in [5, 5.41) is 18.8. The van der Waals surface area contributed by atoms with Crippen LogP contribution in [-0.4, -0.2) is 15.6 Å². The molecule has 0 saturated heterocycles. The summed E-state index contributed by atoms with van der Waals surface area (Å²) in [4.78, 5) is 12.2. The van der Waals surface area contributed by atoms with Gasteiger partial charge in [-0.05, 0) is 40.5 Å². The van der Waals surface area contributed by atoms with Gasteiger partial charge in [0.25, 0.3) is 5.91 Å². The third kappa shape index (κ3) is 2.66. The van der Waals surface area contributed by atoms with Gasteiger partial charge in [0.2, 0.25) is 5.88 Å². The van der Waals surface area contributed by atoms with Crippen LogP contribution in [0.15, 0.2) is 57.2 Å². The van der Waals surface area contributed by atoms with E-state index in [2.05, 4.69) is 26.2 Å². The molecule has 0 aliphatic carbocycles. The van der Waals surface area contributed by atoms with E-state index in [1.54, 1.807) is 29.8 Å². The smallest absolute Gasteiger partial charge is 0.296 e. The molecule has 23 heavy (non-hydrogen) atoms. The molecule has 0 atom stereocenters. The third-order valence-electron chi connectivity index (χ3n) is 3.70. The van der Waals surface area contributed by atoms with Gasteiger partial charge in [-0.2, -0.15) is 0 Å². The number of fused-ring (bicyclic) bond motifs is 1. The number of aromatic nitrogens is 1.